The van der Waals surface area contributed by atoms with Crippen LogP contribution in [0.15, 0.2) is 12.4 Å². The second kappa shape index (κ2) is 6.78. The number of hydrogen-bond donors (Lipinski definition) is 2. The highest BCUT2D eigenvalue weighted by Gasteiger charge is 2.04. The lowest BCUT2D eigenvalue weighted by atomic mass is 10.4. The van der Waals surface area contributed by atoms with Gasteiger partial charge in [-0.15, -0.1) is 16.7 Å². The third-order valence-corrected chi connectivity index (χ3v) is 1.94. The number of carbonyl (C=O) groups excluding carboxylic acids is 2. The van der Waals surface area contributed by atoms with Crippen molar-refractivity contribution in [3.63, 3.8) is 0 Å². The van der Waals surface area contributed by atoms with Gasteiger partial charge in [-0.3, -0.25) is 14.8 Å². The molecule has 0 atom stereocenters. The summed E-state index contributed by atoms with van der Waals surface area (Å²) in [7, 11) is 0. The van der Waals surface area contributed by atoms with E-state index in [0.717, 1.165) is 0 Å². The molecular formula is C8H12ClN5O2. The van der Waals surface area contributed by atoms with E-state index in [1.807, 2.05) is 0 Å². The van der Waals surface area contributed by atoms with Crippen LogP contribution in [0.5, 0.6) is 0 Å². The molecule has 0 bridgehead atoms. The van der Waals surface area contributed by atoms with E-state index < -0.39 is 11.9 Å². The molecule has 1 aromatic heterocycles. The number of aryl methyl sites for hydroxylation is 1. The van der Waals surface area contributed by atoms with Crippen LogP contribution in [0.1, 0.15) is 6.42 Å². The highest BCUT2D eigenvalue weighted by atomic mass is 35.5. The van der Waals surface area contributed by atoms with Gasteiger partial charge in [0.2, 0.25) is 5.91 Å². The van der Waals surface area contributed by atoms with Crippen LogP contribution in [0.2, 0.25) is 0 Å². The molecule has 7 nitrogen and oxygen atoms in total. The maximum Gasteiger partial charge on any atom is 0.321 e. The van der Waals surface area contributed by atoms with E-state index >= 15 is 0 Å². The molecule has 0 saturated heterocycles. The number of imide groups is 1. The van der Waals surface area contributed by atoms with E-state index in [1.165, 1.54) is 0 Å². The molecule has 88 valence electrons. The Hall–Kier alpha value is -1.63. The Morgan fingerprint density at radius 2 is 2.25 bits per heavy atom. The Morgan fingerprint density at radius 3 is 2.88 bits per heavy atom. The Labute approximate surface area is 97.1 Å². The second-order valence-corrected chi connectivity index (χ2v) is 3.22. The molecule has 0 unspecified atom stereocenters. The maximum atomic E-state index is 11.0. The smallest absolute Gasteiger partial charge is 0.321 e. The summed E-state index contributed by atoms with van der Waals surface area (Å²) in [5.41, 5.74) is 0. The van der Waals surface area contributed by atoms with Crippen LogP contribution in [-0.4, -0.2) is 39.4 Å². The van der Waals surface area contributed by atoms with Crippen LogP contribution in [0.4, 0.5) is 4.79 Å². The van der Waals surface area contributed by atoms with Crippen LogP contribution >= 0.6 is 11.6 Å². The molecule has 0 spiro atoms. The van der Waals surface area contributed by atoms with E-state index in [9.17, 15) is 9.59 Å². The van der Waals surface area contributed by atoms with Crippen molar-refractivity contribution in [3.8, 4) is 0 Å². The average Bonchev–Trinajstić information content (AvgIpc) is 2.77. The topological polar surface area (TPSA) is 88.9 Å². The predicted octanol–water partition coefficient (Wildman–Crippen LogP) is -0.267. The first kappa shape index (κ1) is 12.4. The number of carbonyl (C=O) groups is 2. The maximum absolute atomic E-state index is 11.0. The summed E-state index contributed by atoms with van der Waals surface area (Å²) in [5, 5.41) is 12.0. The first-order chi connectivity index (χ1) is 7.72. The zero-order chi connectivity index (χ0) is 11.8. The van der Waals surface area contributed by atoms with Crippen molar-refractivity contribution >= 4 is 23.5 Å². The first-order valence-corrected chi connectivity index (χ1v) is 5.23. The Morgan fingerprint density at radius 1 is 1.44 bits per heavy atom. The molecule has 3 amide bonds. The monoisotopic (exact) mass is 245 g/mol. The van der Waals surface area contributed by atoms with Crippen LogP contribution < -0.4 is 10.6 Å². The van der Waals surface area contributed by atoms with Crippen molar-refractivity contribution in [2.45, 2.75) is 13.0 Å². The van der Waals surface area contributed by atoms with Gasteiger partial charge in [-0.05, 0) is 6.42 Å². The van der Waals surface area contributed by atoms with Crippen molar-refractivity contribution < 1.29 is 9.59 Å². The normalized spacial score (nSPS) is 9.81. The molecule has 0 aliphatic heterocycles. The predicted molar refractivity (Wildman–Crippen MR) is 56.9 cm³/mol. The summed E-state index contributed by atoms with van der Waals surface area (Å²) in [4.78, 5) is 21.8. The van der Waals surface area contributed by atoms with E-state index in [-0.39, 0.29) is 5.88 Å². The van der Waals surface area contributed by atoms with Gasteiger partial charge in [0.05, 0.1) is 6.20 Å². The first-order valence-electron chi connectivity index (χ1n) is 4.70. The number of rotatable bonds is 5. The number of hydrogen-bond acceptors (Lipinski definition) is 4. The standard InChI is InChI=1S/C8H12ClN5O2/c9-6-7(15)12-8(16)10-2-1-4-14-5-3-11-13-14/h3,5H,1-2,4,6H2,(H2,10,12,15,16). The third kappa shape index (κ3) is 4.74. The minimum atomic E-state index is -0.538. The molecule has 8 heteroatoms. The quantitative estimate of drug-likeness (QED) is 0.552. The molecule has 1 rings (SSSR count). The van der Waals surface area contributed by atoms with E-state index in [1.54, 1.807) is 17.1 Å². The molecule has 0 saturated carbocycles. The Bertz CT molecular complexity index is 340. The highest BCUT2D eigenvalue weighted by molar-refractivity contribution is 6.28. The van der Waals surface area contributed by atoms with Crippen molar-refractivity contribution in [1.82, 2.24) is 25.6 Å². The molecule has 1 heterocycles. The molecule has 0 aliphatic rings. The van der Waals surface area contributed by atoms with Crippen LogP contribution in [0.3, 0.4) is 0 Å². The molecule has 0 fully saturated rings. The van der Waals surface area contributed by atoms with Gasteiger partial charge in [0, 0.05) is 19.3 Å². The van der Waals surface area contributed by atoms with E-state index in [0.29, 0.717) is 19.5 Å². The summed E-state index contributed by atoms with van der Waals surface area (Å²) in [5.74, 6) is -0.748. The van der Waals surface area contributed by atoms with Gasteiger partial charge in [0.15, 0.2) is 0 Å². The van der Waals surface area contributed by atoms with E-state index in [4.69, 9.17) is 11.6 Å². The highest BCUT2D eigenvalue weighted by Crippen LogP contribution is 1.85. The van der Waals surface area contributed by atoms with Gasteiger partial charge in [0.25, 0.3) is 0 Å². The molecule has 0 aliphatic carbocycles. The minimum absolute atomic E-state index is 0.230. The fraction of sp³-hybridized carbons (Fsp3) is 0.500. The van der Waals surface area contributed by atoms with Crippen LogP contribution in [-0.2, 0) is 11.3 Å². The fourth-order valence-corrected chi connectivity index (χ4v) is 1.07. The van der Waals surface area contributed by atoms with Gasteiger partial charge >= 0.3 is 6.03 Å². The molecule has 2 N–H and O–H groups in total. The van der Waals surface area contributed by atoms with Gasteiger partial charge in [-0.2, -0.15) is 0 Å². The average molecular weight is 246 g/mol. The Balaban J connectivity index is 2.07. The van der Waals surface area contributed by atoms with Crippen molar-refractivity contribution in [1.29, 1.82) is 0 Å². The van der Waals surface area contributed by atoms with E-state index in [2.05, 4.69) is 20.9 Å². The largest absolute Gasteiger partial charge is 0.338 e. The van der Waals surface area contributed by atoms with Gasteiger partial charge in [-0.25, -0.2) is 4.79 Å². The van der Waals surface area contributed by atoms with Crippen molar-refractivity contribution in [3.05, 3.63) is 12.4 Å². The molecule has 16 heavy (non-hydrogen) atoms. The number of alkyl halides is 1. The van der Waals surface area contributed by atoms with Gasteiger partial charge < -0.3 is 5.32 Å². The lowest BCUT2D eigenvalue weighted by molar-refractivity contribution is -0.117. The number of urea groups is 1. The molecule has 1 aromatic rings. The third-order valence-electron chi connectivity index (χ3n) is 1.70. The second-order valence-electron chi connectivity index (χ2n) is 2.96. The molecule has 0 radical (unpaired) electrons. The number of nitrogens with zero attached hydrogens (tertiary/aromatic N) is 3. The zero-order valence-corrected chi connectivity index (χ0v) is 9.28. The fourth-order valence-electron chi connectivity index (χ4n) is 0.999. The summed E-state index contributed by atoms with van der Waals surface area (Å²) >= 11 is 5.21. The summed E-state index contributed by atoms with van der Waals surface area (Å²) in [6.45, 7) is 1.10. The summed E-state index contributed by atoms with van der Waals surface area (Å²) < 4.78 is 1.66. The van der Waals surface area contributed by atoms with Crippen molar-refractivity contribution in [2.75, 3.05) is 12.4 Å². The molecule has 0 aromatic carbocycles. The lowest BCUT2D eigenvalue weighted by Crippen LogP contribution is -2.40. The van der Waals surface area contributed by atoms with Crippen LogP contribution in [0, 0.1) is 0 Å². The minimum Gasteiger partial charge on any atom is -0.338 e. The number of nitrogens with one attached hydrogen (secondary N) is 2. The van der Waals surface area contributed by atoms with Crippen LogP contribution in [0.25, 0.3) is 0 Å². The number of aromatic nitrogens is 3. The number of amides is 3. The summed E-state index contributed by atoms with van der Waals surface area (Å²) in [6, 6.07) is -0.538. The lowest BCUT2D eigenvalue weighted by Gasteiger charge is -2.05. The zero-order valence-electron chi connectivity index (χ0n) is 8.52. The van der Waals surface area contributed by atoms with Crippen molar-refractivity contribution in [2.24, 2.45) is 0 Å². The van der Waals surface area contributed by atoms with Gasteiger partial charge in [0.1, 0.15) is 5.88 Å². The SMILES string of the molecule is O=C(CCl)NC(=O)NCCCn1ccnn1. The number of halogens is 1. The Kier molecular flexibility index (Phi) is 5.27. The summed E-state index contributed by atoms with van der Waals surface area (Å²) in [6.07, 6.45) is 4.02. The molecular weight excluding hydrogens is 234 g/mol. The van der Waals surface area contributed by atoms with Gasteiger partial charge in [-0.1, -0.05) is 5.21 Å².